The number of amides is 3. The molecule has 0 saturated carbocycles. The van der Waals surface area contributed by atoms with Crippen molar-refractivity contribution in [3.63, 3.8) is 0 Å². The molecule has 0 aliphatic heterocycles. The maximum atomic E-state index is 12.6. The topological polar surface area (TPSA) is 140 Å². The number of benzene rings is 2. The van der Waals surface area contributed by atoms with E-state index in [1.54, 1.807) is 6.92 Å². The number of carbonyl (C=O) groups excluding carboxylic acids is 3. The first kappa shape index (κ1) is 27.5. The van der Waals surface area contributed by atoms with Gasteiger partial charge >= 0.3 is 12.5 Å². The van der Waals surface area contributed by atoms with Crippen molar-refractivity contribution in [2.45, 2.75) is 18.2 Å². The lowest BCUT2D eigenvalue weighted by Gasteiger charge is -2.11. The van der Waals surface area contributed by atoms with Gasteiger partial charge in [0.05, 0.1) is 17.1 Å². The first-order chi connectivity index (χ1) is 17.4. The Kier molecular flexibility index (Phi) is 8.39. The molecule has 10 nitrogen and oxygen atoms in total. The van der Waals surface area contributed by atoms with Crippen LogP contribution in [0.25, 0.3) is 0 Å². The number of nitrogens with one attached hydrogen (secondary N) is 3. The van der Waals surface area contributed by atoms with Crippen LogP contribution in [0.3, 0.4) is 0 Å². The summed E-state index contributed by atoms with van der Waals surface area (Å²) in [5, 5.41) is 6.22. The van der Waals surface area contributed by atoms with Crippen LogP contribution in [0.15, 0.2) is 64.9 Å². The molecule has 1 heterocycles. The molecule has 0 aliphatic rings. The molecule has 3 aromatic rings. The lowest BCUT2D eigenvalue weighted by molar-refractivity contribution is -0.274. The zero-order valence-electron chi connectivity index (χ0n) is 18.8. The molecule has 2 aromatic carbocycles. The molecule has 0 unspecified atom stereocenters. The number of carbonyl (C=O) groups is 3. The molecule has 3 amide bonds. The van der Waals surface area contributed by atoms with Gasteiger partial charge in [-0.2, -0.15) is 0 Å². The van der Waals surface area contributed by atoms with Crippen molar-refractivity contribution in [2.24, 2.45) is 0 Å². The van der Waals surface area contributed by atoms with E-state index in [2.05, 4.69) is 19.5 Å². The Bertz CT molecular complexity index is 1390. The largest absolute Gasteiger partial charge is 0.573 e. The standard InChI is InChI=1S/C22H18F3N3O7S2/c1-2-34-21(31)27-19(30)17-11-12-36-20(17)26-18(29)13-3-9-16(10-4-13)37(32,33)28-14-5-7-15(8-6-14)35-22(23,24)25/h3-12,28H,2H2,1H3,(H,26,29)(H,27,30,31). The molecule has 15 heteroatoms. The second-order valence-electron chi connectivity index (χ2n) is 6.99. The van der Waals surface area contributed by atoms with Crippen molar-refractivity contribution in [1.29, 1.82) is 0 Å². The summed E-state index contributed by atoms with van der Waals surface area (Å²) in [7, 11) is -4.13. The van der Waals surface area contributed by atoms with Crippen LogP contribution in [0.1, 0.15) is 27.6 Å². The minimum absolute atomic E-state index is 0.0114. The first-order valence-electron chi connectivity index (χ1n) is 10.2. The van der Waals surface area contributed by atoms with E-state index in [1.807, 2.05) is 5.32 Å². The summed E-state index contributed by atoms with van der Waals surface area (Å²) in [6, 6.07) is 10.3. The molecule has 37 heavy (non-hydrogen) atoms. The van der Waals surface area contributed by atoms with Crippen LogP contribution in [0.4, 0.5) is 28.7 Å². The summed E-state index contributed by atoms with van der Waals surface area (Å²) in [6.45, 7) is 1.64. The lowest BCUT2D eigenvalue weighted by atomic mass is 10.2. The molecular formula is C22H18F3N3O7S2. The number of thiophene rings is 1. The first-order valence-corrected chi connectivity index (χ1v) is 12.6. The van der Waals surface area contributed by atoms with Gasteiger partial charge in [-0.15, -0.1) is 24.5 Å². The van der Waals surface area contributed by atoms with Crippen LogP contribution in [0.2, 0.25) is 0 Å². The second-order valence-corrected chi connectivity index (χ2v) is 9.59. The number of hydrogen-bond donors (Lipinski definition) is 3. The van der Waals surface area contributed by atoms with E-state index in [4.69, 9.17) is 0 Å². The average molecular weight is 558 g/mol. The molecular weight excluding hydrogens is 539 g/mol. The summed E-state index contributed by atoms with van der Waals surface area (Å²) in [5.41, 5.74) is 0.0851. The van der Waals surface area contributed by atoms with Gasteiger partial charge in [0.1, 0.15) is 10.8 Å². The lowest BCUT2D eigenvalue weighted by Crippen LogP contribution is -2.31. The summed E-state index contributed by atoms with van der Waals surface area (Å²) >= 11 is 1.03. The summed E-state index contributed by atoms with van der Waals surface area (Å²) in [4.78, 5) is 36.1. The molecule has 3 N–H and O–H groups in total. The molecule has 0 atom stereocenters. The summed E-state index contributed by atoms with van der Waals surface area (Å²) < 4.78 is 72.6. The van der Waals surface area contributed by atoms with Crippen LogP contribution in [0, 0.1) is 0 Å². The van der Waals surface area contributed by atoms with Crippen molar-refractivity contribution in [2.75, 3.05) is 16.6 Å². The Balaban J connectivity index is 1.66. The van der Waals surface area contributed by atoms with Crippen molar-refractivity contribution >= 4 is 50.0 Å². The fourth-order valence-electron chi connectivity index (χ4n) is 2.81. The number of alkyl carbamates (subject to hydrolysis) is 1. The van der Waals surface area contributed by atoms with Gasteiger partial charge in [-0.25, -0.2) is 13.2 Å². The van der Waals surface area contributed by atoms with Crippen LogP contribution in [-0.4, -0.2) is 39.3 Å². The van der Waals surface area contributed by atoms with E-state index >= 15 is 0 Å². The number of rotatable bonds is 8. The normalized spacial score (nSPS) is 11.4. The Morgan fingerprint density at radius 2 is 1.59 bits per heavy atom. The van der Waals surface area contributed by atoms with Gasteiger partial charge in [0.25, 0.3) is 21.8 Å². The molecule has 0 bridgehead atoms. The highest BCUT2D eigenvalue weighted by molar-refractivity contribution is 7.92. The van der Waals surface area contributed by atoms with Crippen molar-refractivity contribution in [1.82, 2.24) is 5.32 Å². The fourth-order valence-corrected chi connectivity index (χ4v) is 4.65. The number of sulfonamides is 1. The van der Waals surface area contributed by atoms with Crippen molar-refractivity contribution in [3.05, 3.63) is 71.1 Å². The highest BCUT2D eigenvalue weighted by Gasteiger charge is 2.31. The van der Waals surface area contributed by atoms with Gasteiger partial charge in [-0.05, 0) is 66.9 Å². The van der Waals surface area contributed by atoms with E-state index < -0.39 is 40.0 Å². The van der Waals surface area contributed by atoms with Gasteiger partial charge in [-0.3, -0.25) is 19.6 Å². The predicted octanol–water partition coefficient (Wildman–Crippen LogP) is 4.59. The zero-order valence-corrected chi connectivity index (χ0v) is 20.4. The Morgan fingerprint density at radius 1 is 0.946 bits per heavy atom. The maximum absolute atomic E-state index is 12.6. The number of anilines is 2. The van der Waals surface area contributed by atoms with Gasteiger partial charge in [-0.1, -0.05) is 0 Å². The Labute approximate surface area is 212 Å². The van der Waals surface area contributed by atoms with E-state index in [-0.39, 0.29) is 33.3 Å². The molecule has 196 valence electrons. The van der Waals surface area contributed by atoms with E-state index in [0.717, 1.165) is 47.7 Å². The van der Waals surface area contributed by atoms with E-state index in [9.17, 15) is 36.0 Å². The van der Waals surface area contributed by atoms with Crippen molar-refractivity contribution < 1.29 is 45.4 Å². The van der Waals surface area contributed by atoms with Crippen LogP contribution in [0.5, 0.6) is 5.75 Å². The Hall–Kier alpha value is -4.11. The number of alkyl halides is 3. The highest BCUT2D eigenvalue weighted by Crippen LogP contribution is 2.26. The van der Waals surface area contributed by atoms with E-state index in [0.29, 0.717) is 0 Å². The number of ether oxygens (including phenoxy) is 2. The SMILES string of the molecule is CCOC(=O)NC(=O)c1ccsc1NC(=O)c1ccc(S(=O)(=O)Nc2ccc(OC(F)(F)F)cc2)cc1. The third kappa shape index (κ3) is 7.68. The van der Waals surface area contributed by atoms with Gasteiger partial charge in [0, 0.05) is 11.3 Å². The van der Waals surface area contributed by atoms with Crippen molar-refractivity contribution in [3.8, 4) is 5.75 Å². The summed E-state index contributed by atoms with van der Waals surface area (Å²) in [5.74, 6) is -1.94. The molecule has 0 radical (unpaired) electrons. The number of halogens is 3. The molecule has 0 aliphatic carbocycles. The van der Waals surface area contributed by atoms with Crippen LogP contribution in [-0.2, 0) is 14.8 Å². The van der Waals surface area contributed by atoms with Gasteiger partial charge < -0.3 is 14.8 Å². The molecule has 1 aromatic heterocycles. The molecule has 0 saturated heterocycles. The fraction of sp³-hybridized carbons (Fsp3) is 0.136. The molecule has 3 rings (SSSR count). The monoisotopic (exact) mass is 557 g/mol. The van der Waals surface area contributed by atoms with Gasteiger partial charge in [0.2, 0.25) is 0 Å². The third-order valence-electron chi connectivity index (χ3n) is 4.39. The van der Waals surface area contributed by atoms with Crippen LogP contribution >= 0.6 is 11.3 Å². The second kappa shape index (κ2) is 11.3. The average Bonchev–Trinajstić information content (AvgIpc) is 3.28. The zero-order chi connectivity index (χ0) is 27.2. The predicted molar refractivity (Wildman–Crippen MR) is 127 cm³/mol. The molecule has 0 fully saturated rings. The quantitative estimate of drug-likeness (QED) is 0.368. The summed E-state index contributed by atoms with van der Waals surface area (Å²) in [6.07, 6.45) is -5.82. The minimum atomic E-state index is -4.88. The smallest absolute Gasteiger partial charge is 0.450 e. The van der Waals surface area contributed by atoms with E-state index in [1.165, 1.54) is 23.6 Å². The molecule has 0 spiro atoms. The third-order valence-corrected chi connectivity index (χ3v) is 6.62. The highest BCUT2D eigenvalue weighted by atomic mass is 32.2. The Morgan fingerprint density at radius 3 is 2.19 bits per heavy atom. The number of imide groups is 1. The van der Waals surface area contributed by atoms with Crippen LogP contribution < -0.4 is 20.1 Å². The van der Waals surface area contributed by atoms with Gasteiger partial charge in [0.15, 0.2) is 0 Å². The minimum Gasteiger partial charge on any atom is -0.450 e. The maximum Gasteiger partial charge on any atom is 0.573 e. The number of hydrogen-bond acceptors (Lipinski definition) is 8.